The maximum atomic E-state index is 13.2. The fraction of sp³-hybridized carbons (Fsp3) is 0.381. The highest BCUT2D eigenvalue weighted by Gasteiger charge is 2.20. The lowest BCUT2D eigenvalue weighted by Crippen LogP contribution is -2.44. The van der Waals surface area contributed by atoms with Gasteiger partial charge in [-0.15, -0.1) is 0 Å². The van der Waals surface area contributed by atoms with Gasteiger partial charge < -0.3 is 5.32 Å². The summed E-state index contributed by atoms with van der Waals surface area (Å²) in [5.74, 6) is -2.07. The van der Waals surface area contributed by atoms with Gasteiger partial charge in [0, 0.05) is 32.1 Å². The van der Waals surface area contributed by atoms with Gasteiger partial charge in [0.05, 0.1) is 0 Å². The molecule has 1 saturated heterocycles. The Morgan fingerprint density at radius 2 is 1.63 bits per heavy atom. The van der Waals surface area contributed by atoms with Crippen LogP contribution in [0.3, 0.4) is 0 Å². The molecule has 3 rings (SSSR count). The molecule has 0 spiro atoms. The molecule has 0 unspecified atom stereocenters. The lowest BCUT2D eigenvalue weighted by Gasteiger charge is -2.32. The van der Waals surface area contributed by atoms with Crippen molar-refractivity contribution in [3.8, 4) is 0 Å². The first kappa shape index (κ1) is 19.4. The van der Waals surface area contributed by atoms with Crippen LogP contribution in [-0.2, 0) is 17.8 Å². The van der Waals surface area contributed by atoms with Gasteiger partial charge in [0.1, 0.15) is 5.82 Å². The number of hydrogen-bond donors (Lipinski definition) is 1. The SMILES string of the molecule is O=C(CCc1ccc(F)c(F)c1)NC1CCN(Cc2ccc(F)cc2)CC1. The van der Waals surface area contributed by atoms with E-state index in [0.29, 0.717) is 12.0 Å². The molecule has 0 aliphatic carbocycles. The Balaban J connectivity index is 1.38. The summed E-state index contributed by atoms with van der Waals surface area (Å²) in [4.78, 5) is 14.4. The van der Waals surface area contributed by atoms with Gasteiger partial charge >= 0.3 is 0 Å². The van der Waals surface area contributed by atoms with Crippen LogP contribution in [0.15, 0.2) is 42.5 Å². The van der Waals surface area contributed by atoms with Gasteiger partial charge in [-0.05, 0) is 54.7 Å². The molecule has 0 aromatic heterocycles. The number of carbonyl (C=O) groups excluding carboxylic acids is 1. The average Bonchev–Trinajstić information content (AvgIpc) is 2.66. The van der Waals surface area contributed by atoms with Gasteiger partial charge in [-0.25, -0.2) is 13.2 Å². The second-order valence-corrected chi connectivity index (χ2v) is 6.99. The van der Waals surface area contributed by atoms with E-state index in [0.717, 1.165) is 50.2 Å². The monoisotopic (exact) mass is 376 g/mol. The Morgan fingerprint density at radius 1 is 0.963 bits per heavy atom. The number of halogens is 3. The predicted octanol–water partition coefficient (Wildman–Crippen LogP) is 3.82. The number of nitrogens with one attached hydrogen (secondary N) is 1. The predicted molar refractivity (Wildman–Crippen MR) is 97.5 cm³/mol. The summed E-state index contributed by atoms with van der Waals surface area (Å²) in [5, 5.41) is 3.02. The number of benzene rings is 2. The Morgan fingerprint density at radius 3 is 2.30 bits per heavy atom. The average molecular weight is 376 g/mol. The third kappa shape index (κ3) is 5.82. The summed E-state index contributed by atoms with van der Waals surface area (Å²) in [5.41, 5.74) is 1.68. The second-order valence-electron chi connectivity index (χ2n) is 6.99. The van der Waals surface area contributed by atoms with Crippen molar-refractivity contribution in [1.82, 2.24) is 10.2 Å². The molecule has 27 heavy (non-hydrogen) atoms. The Bertz CT molecular complexity index is 771. The number of hydrogen-bond acceptors (Lipinski definition) is 2. The highest BCUT2D eigenvalue weighted by atomic mass is 19.2. The number of piperidine rings is 1. The zero-order valence-corrected chi connectivity index (χ0v) is 15.1. The van der Waals surface area contributed by atoms with Crippen LogP contribution >= 0.6 is 0 Å². The highest BCUT2D eigenvalue weighted by molar-refractivity contribution is 5.76. The molecule has 2 aromatic carbocycles. The molecule has 1 N–H and O–H groups in total. The molecule has 0 radical (unpaired) electrons. The van der Waals surface area contributed by atoms with Crippen LogP contribution in [0.25, 0.3) is 0 Å². The van der Waals surface area contributed by atoms with Crippen molar-refractivity contribution in [2.45, 2.75) is 38.3 Å². The summed E-state index contributed by atoms with van der Waals surface area (Å²) in [7, 11) is 0. The van der Waals surface area contributed by atoms with E-state index < -0.39 is 11.6 Å². The second kappa shape index (κ2) is 9.04. The number of amides is 1. The van der Waals surface area contributed by atoms with E-state index in [-0.39, 0.29) is 24.2 Å². The largest absolute Gasteiger partial charge is 0.353 e. The number of aryl methyl sites for hydroxylation is 1. The molecule has 2 aromatic rings. The smallest absolute Gasteiger partial charge is 0.220 e. The van der Waals surface area contributed by atoms with Gasteiger partial charge in [0.25, 0.3) is 0 Å². The van der Waals surface area contributed by atoms with Crippen LogP contribution in [0.1, 0.15) is 30.4 Å². The highest BCUT2D eigenvalue weighted by Crippen LogP contribution is 2.15. The van der Waals surface area contributed by atoms with Gasteiger partial charge in [-0.3, -0.25) is 9.69 Å². The Labute approximate surface area is 157 Å². The van der Waals surface area contributed by atoms with Crippen LogP contribution in [0.4, 0.5) is 13.2 Å². The van der Waals surface area contributed by atoms with E-state index in [4.69, 9.17) is 0 Å². The van der Waals surface area contributed by atoms with Gasteiger partial charge in [0.2, 0.25) is 5.91 Å². The normalized spacial score (nSPS) is 15.7. The molecule has 1 aliphatic heterocycles. The van der Waals surface area contributed by atoms with Crippen molar-refractivity contribution >= 4 is 5.91 Å². The van der Waals surface area contributed by atoms with Crippen molar-refractivity contribution < 1.29 is 18.0 Å². The molecule has 0 atom stereocenters. The molecule has 1 heterocycles. The third-order valence-corrected chi connectivity index (χ3v) is 4.90. The van der Waals surface area contributed by atoms with Crippen molar-refractivity contribution in [2.75, 3.05) is 13.1 Å². The first-order valence-electron chi connectivity index (χ1n) is 9.19. The van der Waals surface area contributed by atoms with Crippen LogP contribution in [0.5, 0.6) is 0 Å². The van der Waals surface area contributed by atoms with Gasteiger partial charge in [0.15, 0.2) is 11.6 Å². The standard InChI is InChI=1S/C21H23F3N2O/c22-17-5-1-16(2-6-17)14-26-11-9-18(10-12-26)25-21(27)8-4-15-3-7-19(23)20(24)13-15/h1-3,5-7,13,18H,4,8-12,14H2,(H,25,27). The van der Waals surface area contributed by atoms with Crippen LogP contribution < -0.4 is 5.32 Å². The molecule has 144 valence electrons. The minimum Gasteiger partial charge on any atom is -0.353 e. The zero-order valence-electron chi connectivity index (χ0n) is 15.1. The summed E-state index contributed by atoms with van der Waals surface area (Å²) in [6, 6.07) is 10.4. The van der Waals surface area contributed by atoms with E-state index in [2.05, 4.69) is 10.2 Å². The molecule has 3 nitrogen and oxygen atoms in total. The van der Waals surface area contributed by atoms with E-state index in [1.807, 2.05) is 0 Å². The lowest BCUT2D eigenvalue weighted by atomic mass is 10.0. The van der Waals surface area contributed by atoms with Crippen LogP contribution in [-0.4, -0.2) is 29.9 Å². The van der Waals surface area contributed by atoms with E-state index in [1.165, 1.54) is 18.2 Å². The third-order valence-electron chi connectivity index (χ3n) is 4.90. The minimum atomic E-state index is -0.888. The van der Waals surface area contributed by atoms with Gasteiger partial charge in [-0.1, -0.05) is 18.2 Å². The van der Waals surface area contributed by atoms with Crippen molar-refractivity contribution in [3.05, 3.63) is 71.0 Å². The quantitative estimate of drug-likeness (QED) is 0.831. The minimum absolute atomic E-state index is 0.0725. The molecule has 1 aliphatic rings. The summed E-state index contributed by atoms with van der Waals surface area (Å²) >= 11 is 0. The molecule has 0 saturated carbocycles. The summed E-state index contributed by atoms with van der Waals surface area (Å²) < 4.78 is 39.1. The van der Waals surface area contributed by atoms with Crippen molar-refractivity contribution in [3.63, 3.8) is 0 Å². The Kier molecular flexibility index (Phi) is 6.50. The van der Waals surface area contributed by atoms with Crippen LogP contribution in [0, 0.1) is 17.5 Å². The Hall–Kier alpha value is -2.34. The van der Waals surface area contributed by atoms with Crippen molar-refractivity contribution in [1.29, 1.82) is 0 Å². The topological polar surface area (TPSA) is 32.3 Å². The zero-order chi connectivity index (χ0) is 19.2. The summed E-state index contributed by atoms with van der Waals surface area (Å²) in [6.45, 7) is 2.51. The van der Waals surface area contributed by atoms with E-state index in [9.17, 15) is 18.0 Å². The molecular formula is C21H23F3N2O. The molecule has 1 fully saturated rings. The molecule has 1 amide bonds. The number of carbonyl (C=O) groups is 1. The lowest BCUT2D eigenvalue weighted by molar-refractivity contribution is -0.122. The fourth-order valence-corrected chi connectivity index (χ4v) is 3.34. The van der Waals surface area contributed by atoms with E-state index in [1.54, 1.807) is 12.1 Å². The molecular weight excluding hydrogens is 353 g/mol. The van der Waals surface area contributed by atoms with Crippen LogP contribution in [0.2, 0.25) is 0 Å². The fourth-order valence-electron chi connectivity index (χ4n) is 3.34. The van der Waals surface area contributed by atoms with Crippen molar-refractivity contribution in [2.24, 2.45) is 0 Å². The van der Waals surface area contributed by atoms with Gasteiger partial charge in [-0.2, -0.15) is 0 Å². The first-order valence-corrected chi connectivity index (χ1v) is 9.19. The number of nitrogens with zero attached hydrogens (tertiary/aromatic N) is 1. The maximum absolute atomic E-state index is 13.2. The number of likely N-dealkylation sites (tertiary alicyclic amines) is 1. The summed E-state index contributed by atoms with van der Waals surface area (Å²) in [6.07, 6.45) is 2.35. The first-order chi connectivity index (χ1) is 13.0. The molecule has 0 bridgehead atoms. The molecule has 6 heteroatoms. The number of rotatable bonds is 6. The maximum Gasteiger partial charge on any atom is 0.220 e. The van der Waals surface area contributed by atoms with E-state index >= 15 is 0 Å².